The SMILES string of the molecule is C[C@H]1CN(Cc2ccccc2)CC[C@@H]1N. The van der Waals surface area contributed by atoms with Crippen molar-refractivity contribution in [3.8, 4) is 0 Å². The van der Waals surface area contributed by atoms with Crippen LogP contribution in [0.25, 0.3) is 0 Å². The van der Waals surface area contributed by atoms with Crippen molar-refractivity contribution in [2.24, 2.45) is 11.7 Å². The fraction of sp³-hybridized carbons (Fsp3) is 0.538. The molecule has 0 bridgehead atoms. The predicted octanol–water partition coefficient (Wildman–Crippen LogP) is 1.86. The van der Waals surface area contributed by atoms with E-state index in [0.29, 0.717) is 12.0 Å². The minimum Gasteiger partial charge on any atom is -0.327 e. The number of rotatable bonds is 2. The van der Waals surface area contributed by atoms with Crippen molar-refractivity contribution in [3.05, 3.63) is 35.9 Å². The second-order valence-electron chi connectivity index (χ2n) is 4.65. The summed E-state index contributed by atoms with van der Waals surface area (Å²) in [7, 11) is 0. The first kappa shape index (κ1) is 10.7. The molecule has 2 atom stereocenters. The molecule has 2 N–H and O–H groups in total. The second-order valence-corrected chi connectivity index (χ2v) is 4.65. The van der Waals surface area contributed by atoms with Gasteiger partial charge < -0.3 is 5.73 Å². The predicted molar refractivity (Wildman–Crippen MR) is 63.5 cm³/mol. The molecule has 0 amide bonds. The quantitative estimate of drug-likeness (QED) is 0.796. The van der Waals surface area contributed by atoms with Crippen LogP contribution in [-0.4, -0.2) is 24.0 Å². The lowest BCUT2D eigenvalue weighted by Gasteiger charge is -2.35. The highest BCUT2D eigenvalue weighted by molar-refractivity contribution is 5.14. The smallest absolute Gasteiger partial charge is 0.0233 e. The molecule has 15 heavy (non-hydrogen) atoms. The zero-order valence-electron chi connectivity index (χ0n) is 9.39. The van der Waals surface area contributed by atoms with Gasteiger partial charge in [0.2, 0.25) is 0 Å². The molecule has 1 aliphatic rings. The van der Waals surface area contributed by atoms with Crippen molar-refractivity contribution in [2.75, 3.05) is 13.1 Å². The number of hydrogen-bond donors (Lipinski definition) is 1. The van der Waals surface area contributed by atoms with Gasteiger partial charge in [-0.15, -0.1) is 0 Å². The van der Waals surface area contributed by atoms with E-state index in [-0.39, 0.29) is 0 Å². The molecule has 1 aromatic carbocycles. The van der Waals surface area contributed by atoms with Crippen LogP contribution in [0.15, 0.2) is 30.3 Å². The van der Waals surface area contributed by atoms with Crippen LogP contribution in [-0.2, 0) is 6.54 Å². The van der Waals surface area contributed by atoms with E-state index in [9.17, 15) is 0 Å². The minimum absolute atomic E-state index is 0.400. The van der Waals surface area contributed by atoms with Gasteiger partial charge in [0.15, 0.2) is 0 Å². The molecule has 1 aromatic rings. The Morgan fingerprint density at radius 1 is 1.33 bits per heavy atom. The van der Waals surface area contributed by atoms with Gasteiger partial charge in [-0.05, 0) is 24.4 Å². The van der Waals surface area contributed by atoms with Gasteiger partial charge in [0, 0.05) is 19.1 Å². The van der Waals surface area contributed by atoms with Crippen LogP contribution in [0, 0.1) is 5.92 Å². The second kappa shape index (κ2) is 4.77. The maximum absolute atomic E-state index is 6.01. The number of hydrogen-bond acceptors (Lipinski definition) is 2. The van der Waals surface area contributed by atoms with Gasteiger partial charge in [0.25, 0.3) is 0 Å². The van der Waals surface area contributed by atoms with Crippen molar-refractivity contribution in [1.29, 1.82) is 0 Å². The molecule has 1 aliphatic heterocycles. The lowest BCUT2D eigenvalue weighted by Crippen LogP contribution is -2.45. The molecule has 0 aliphatic carbocycles. The standard InChI is InChI=1S/C13H20N2/c1-11-9-15(8-7-13(11)14)10-12-5-3-2-4-6-12/h2-6,11,13H,7-10,14H2,1H3/t11-,13-/m0/s1. The first-order valence-electron chi connectivity index (χ1n) is 5.77. The van der Waals surface area contributed by atoms with Crippen LogP contribution in [0.5, 0.6) is 0 Å². The van der Waals surface area contributed by atoms with Crippen LogP contribution < -0.4 is 5.73 Å². The average Bonchev–Trinajstić information content (AvgIpc) is 2.25. The maximum Gasteiger partial charge on any atom is 0.0233 e. The molecule has 2 heteroatoms. The topological polar surface area (TPSA) is 29.3 Å². The maximum atomic E-state index is 6.01. The van der Waals surface area contributed by atoms with Gasteiger partial charge >= 0.3 is 0 Å². The summed E-state index contributed by atoms with van der Waals surface area (Å²) in [6.07, 6.45) is 1.13. The summed E-state index contributed by atoms with van der Waals surface area (Å²) in [5.41, 5.74) is 7.41. The Kier molecular flexibility index (Phi) is 3.39. The van der Waals surface area contributed by atoms with Crippen LogP contribution >= 0.6 is 0 Å². The van der Waals surface area contributed by atoms with E-state index in [0.717, 1.165) is 26.1 Å². The van der Waals surface area contributed by atoms with Gasteiger partial charge in [0.05, 0.1) is 0 Å². The molecule has 1 fully saturated rings. The van der Waals surface area contributed by atoms with Crippen molar-refractivity contribution >= 4 is 0 Å². The van der Waals surface area contributed by atoms with Crippen molar-refractivity contribution in [3.63, 3.8) is 0 Å². The molecular weight excluding hydrogens is 184 g/mol. The molecule has 0 radical (unpaired) electrons. The largest absolute Gasteiger partial charge is 0.327 e. The lowest BCUT2D eigenvalue weighted by atomic mass is 9.94. The van der Waals surface area contributed by atoms with Gasteiger partial charge in [-0.25, -0.2) is 0 Å². The van der Waals surface area contributed by atoms with Crippen LogP contribution in [0.2, 0.25) is 0 Å². The summed E-state index contributed by atoms with van der Waals surface area (Å²) < 4.78 is 0. The monoisotopic (exact) mass is 204 g/mol. The number of likely N-dealkylation sites (tertiary alicyclic amines) is 1. The summed E-state index contributed by atoms with van der Waals surface area (Å²) in [4.78, 5) is 2.50. The first-order chi connectivity index (χ1) is 7.25. The van der Waals surface area contributed by atoms with Gasteiger partial charge in [-0.3, -0.25) is 4.90 Å². The van der Waals surface area contributed by atoms with Crippen LogP contribution in [0.4, 0.5) is 0 Å². The van der Waals surface area contributed by atoms with Gasteiger partial charge in [-0.1, -0.05) is 37.3 Å². The Labute approximate surface area is 92.1 Å². The molecule has 82 valence electrons. The fourth-order valence-corrected chi connectivity index (χ4v) is 2.24. The van der Waals surface area contributed by atoms with E-state index < -0.39 is 0 Å². The number of piperidine rings is 1. The lowest BCUT2D eigenvalue weighted by molar-refractivity contribution is 0.158. The molecule has 0 unspecified atom stereocenters. The molecule has 2 nitrogen and oxygen atoms in total. The van der Waals surface area contributed by atoms with E-state index >= 15 is 0 Å². The molecule has 0 spiro atoms. The summed E-state index contributed by atoms with van der Waals surface area (Å²) in [5, 5.41) is 0. The molecule has 1 saturated heterocycles. The van der Waals surface area contributed by atoms with Crippen molar-refractivity contribution in [2.45, 2.75) is 25.9 Å². The van der Waals surface area contributed by atoms with Crippen LogP contribution in [0.3, 0.4) is 0 Å². The highest BCUT2D eigenvalue weighted by atomic mass is 15.1. The third-order valence-corrected chi connectivity index (χ3v) is 3.30. The summed E-state index contributed by atoms with van der Waals surface area (Å²) in [6.45, 7) is 5.59. The van der Waals surface area contributed by atoms with E-state index in [1.165, 1.54) is 5.56 Å². The summed E-state index contributed by atoms with van der Waals surface area (Å²) in [6, 6.07) is 11.1. The average molecular weight is 204 g/mol. The third-order valence-electron chi connectivity index (χ3n) is 3.30. The van der Waals surface area contributed by atoms with E-state index in [2.05, 4.69) is 42.2 Å². The Morgan fingerprint density at radius 3 is 2.73 bits per heavy atom. The summed E-state index contributed by atoms with van der Waals surface area (Å²) in [5.74, 6) is 0.627. The Hall–Kier alpha value is -0.860. The van der Waals surface area contributed by atoms with Crippen LogP contribution in [0.1, 0.15) is 18.9 Å². The van der Waals surface area contributed by atoms with Gasteiger partial charge in [-0.2, -0.15) is 0 Å². The Morgan fingerprint density at radius 2 is 2.07 bits per heavy atom. The molecule has 0 aromatic heterocycles. The minimum atomic E-state index is 0.400. The highest BCUT2D eigenvalue weighted by Gasteiger charge is 2.22. The van der Waals surface area contributed by atoms with E-state index in [1.54, 1.807) is 0 Å². The van der Waals surface area contributed by atoms with Gasteiger partial charge in [0.1, 0.15) is 0 Å². The Balaban J connectivity index is 1.91. The molecule has 2 rings (SSSR count). The van der Waals surface area contributed by atoms with Crippen molar-refractivity contribution < 1.29 is 0 Å². The first-order valence-corrected chi connectivity index (χ1v) is 5.77. The molecule has 0 saturated carbocycles. The van der Waals surface area contributed by atoms with Crippen molar-refractivity contribution in [1.82, 2.24) is 4.90 Å². The zero-order chi connectivity index (χ0) is 10.7. The molecular formula is C13H20N2. The molecule has 1 heterocycles. The number of benzene rings is 1. The number of nitrogens with zero attached hydrogens (tertiary/aromatic N) is 1. The Bertz CT molecular complexity index is 297. The summed E-state index contributed by atoms with van der Waals surface area (Å²) >= 11 is 0. The normalized spacial score (nSPS) is 27.9. The fourth-order valence-electron chi connectivity index (χ4n) is 2.24. The zero-order valence-corrected chi connectivity index (χ0v) is 9.39. The highest BCUT2D eigenvalue weighted by Crippen LogP contribution is 2.16. The van der Waals surface area contributed by atoms with E-state index in [4.69, 9.17) is 5.73 Å². The van der Waals surface area contributed by atoms with E-state index in [1.807, 2.05) is 0 Å². The third kappa shape index (κ3) is 2.80. The number of nitrogens with two attached hydrogens (primary N) is 1.